The van der Waals surface area contributed by atoms with E-state index in [0.29, 0.717) is 6.42 Å². The third kappa shape index (κ3) is 5.60. The number of rotatable bonds is 6. The lowest BCUT2D eigenvalue weighted by molar-refractivity contribution is -0.140. The summed E-state index contributed by atoms with van der Waals surface area (Å²) in [5, 5.41) is 0. The maximum Gasteiger partial charge on any atom is 0.305 e. The van der Waals surface area contributed by atoms with Crippen LogP contribution in [0.2, 0.25) is 0 Å². The van der Waals surface area contributed by atoms with Crippen LogP contribution in [-0.4, -0.2) is 13.1 Å². The van der Waals surface area contributed by atoms with Crippen LogP contribution in [0.15, 0.2) is 12.2 Å². The molecule has 86 valence electrons. The first-order chi connectivity index (χ1) is 7.33. The fourth-order valence-corrected chi connectivity index (χ4v) is 2.12. The topological polar surface area (TPSA) is 26.3 Å². The van der Waals surface area contributed by atoms with Crippen molar-refractivity contribution in [3.8, 4) is 0 Å². The van der Waals surface area contributed by atoms with Gasteiger partial charge < -0.3 is 4.74 Å². The number of esters is 1. The van der Waals surface area contributed by atoms with E-state index in [0.717, 1.165) is 18.8 Å². The molecule has 0 heterocycles. The zero-order chi connectivity index (χ0) is 10.9. The number of allylic oxidation sites excluding steroid dienone is 2. The summed E-state index contributed by atoms with van der Waals surface area (Å²) in [6, 6.07) is 0. The predicted molar refractivity (Wildman–Crippen MR) is 61.6 cm³/mol. The van der Waals surface area contributed by atoms with Gasteiger partial charge in [-0.1, -0.05) is 37.8 Å². The van der Waals surface area contributed by atoms with Crippen LogP contribution < -0.4 is 0 Å². The SMILES string of the molecule is COC(=O)CCC/C=C\CC1CCCC1. The highest BCUT2D eigenvalue weighted by Gasteiger charge is 2.12. The standard InChI is InChI=1S/C13H22O2/c1-15-13(14)11-5-3-2-4-8-12-9-6-7-10-12/h2,4,12H,3,5-11H2,1H3/b4-2-. The molecule has 0 bridgehead atoms. The molecule has 0 radical (unpaired) electrons. The van der Waals surface area contributed by atoms with Gasteiger partial charge in [0.25, 0.3) is 0 Å². The van der Waals surface area contributed by atoms with Crippen molar-refractivity contribution in [2.75, 3.05) is 7.11 Å². The molecule has 0 spiro atoms. The monoisotopic (exact) mass is 210 g/mol. The Morgan fingerprint density at radius 3 is 2.73 bits per heavy atom. The summed E-state index contributed by atoms with van der Waals surface area (Å²) in [5.41, 5.74) is 0. The number of unbranched alkanes of at least 4 members (excludes halogenated alkanes) is 1. The zero-order valence-corrected chi connectivity index (χ0v) is 9.71. The van der Waals surface area contributed by atoms with E-state index in [-0.39, 0.29) is 5.97 Å². The normalized spacial score (nSPS) is 17.4. The Labute approximate surface area is 92.7 Å². The first-order valence-electron chi connectivity index (χ1n) is 6.04. The molecular weight excluding hydrogens is 188 g/mol. The van der Waals surface area contributed by atoms with Gasteiger partial charge >= 0.3 is 5.97 Å². The lowest BCUT2D eigenvalue weighted by atomic mass is 10.0. The largest absolute Gasteiger partial charge is 0.469 e. The second kappa shape index (κ2) is 7.49. The van der Waals surface area contributed by atoms with Gasteiger partial charge in [0.15, 0.2) is 0 Å². The molecular formula is C13H22O2. The van der Waals surface area contributed by atoms with E-state index in [1.165, 1.54) is 39.2 Å². The molecule has 1 fully saturated rings. The van der Waals surface area contributed by atoms with Gasteiger partial charge in [-0.05, 0) is 25.2 Å². The number of ether oxygens (including phenoxy) is 1. The number of hydrogen-bond acceptors (Lipinski definition) is 2. The zero-order valence-electron chi connectivity index (χ0n) is 9.71. The molecule has 1 aliphatic carbocycles. The van der Waals surface area contributed by atoms with Crippen molar-refractivity contribution < 1.29 is 9.53 Å². The minimum absolute atomic E-state index is 0.0980. The molecule has 0 N–H and O–H groups in total. The number of carbonyl (C=O) groups is 1. The molecule has 15 heavy (non-hydrogen) atoms. The molecule has 0 atom stereocenters. The maximum atomic E-state index is 10.8. The van der Waals surface area contributed by atoms with E-state index >= 15 is 0 Å². The molecule has 1 rings (SSSR count). The molecule has 2 heteroatoms. The Morgan fingerprint density at radius 1 is 1.33 bits per heavy atom. The van der Waals surface area contributed by atoms with Gasteiger partial charge in [-0.25, -0.2) is 0 Å². The van der Waals surface area contributed by atoms with E-state index < -0.39 is 0 Å². The van der Waals surface area contributed by atoms with Crippen LogP contribution in [0, 0.1) is 5.92 Å². The number of hydrogen-bond donors (Lipinski definition) is 0. The van der Waals surface area contributed by atoms with Crippen molar-refractivity contribution in [3.63, 3.8) is 0 Å². The third-order valence-electron chi connectivity index (χ3n) is 3.09. The van der Waals surface area contributed by atoms with Crippen LogP contribution in [-0.2, 0) is 9.53 Å². The first kappa shape index (κ1) is 12.3. The highest BCUT2D eigenvalue weighted by molar-refractivity contribution is 5.68. The van der Waals surface area contributed by atoms with Crippen molar-refractivity contribution >= 4 is 5.97 Å². The second-order valence-electron chi connectivity index (χ2n) is 4.33. The Bertz CT molecular complexity index is 203. The Balaban J connectivity index is 1.94. The highest BCUT2D eigenvalue weighted by atomic mass is 16.5. The van der Waals surface area contributed by atoms with Crippen LogP contribution in [0.4, 0.5) is 0 Å². The summed E-state index contributed by atoms with van der Waals surface area (Å²) in [6.45, 7) is 0. The van der Waals surface area contributed by atoms with Gasteiger partial charge in [0.1, 0.15) is 0 Å². The second-order valence-corrected chi connectivity index (χ2v) is 4.33. The van der Waals surface area contributed by atoms with E-state index in [4.69, 9.17) is 0 Å². The van der Waals surface area contributed by atoms with Crippen LogP contribution in [0.3, 0.4) is 0 Å². The lowest BCUT2D eigenvalue weighted by Crippen LogP contribution is -1.98. The Kier molecular flexibility index (Phi) is 6.14. The lowest BCUT2D eigenvalue weighted by Gasteiger charge is -2.02. The molecule has 0 aliphatic heterocycles. The van der Waals surface area contributed by atoms with E-state index in [1.54, 1.807) is 0 Å². The summed E-state index contributed by atoms with van der Waals surface area (Å²) < 4.78 is 4.58. The van der Waals surface area contributed by atoms with Crippen LogP contribution in [0.5, 0.6) is 0 Å². The summed E-state index contributed by atoms with van der Waals surface area (Å²) in [5.74, 6) is 0.834. The van der Waals surface area contributed by atoms with Gasteiger partial charge in [-0.2, -0.15) is 0 Å². The molecule has 0 aromatic heterocycles. The third-order valence-corrected chi connectivity index (χ3v) is 3.09. The predicted octanol–water partition coefficient (Wildman–Crippen LogP) is 3.47. The van der Waals surface area contributed by atoms with Gasteiger partial charge in [-0.3, -0.25) is 4.79 Å². The average Bonchev–Trinajstić information content (AvgIpc) is 2.75. The number of carbonyl (C=O) groups excluding carboxylic acids is 1. The number of methoxy groups -OCH3 is 1. The van der Waals surface area contributed by atoms with Crippen LogP contribution >= 0.6 is 0 Å². The molecule has 0 saturated heterocycles. The average molecular weight is 210 g/mol. The van der Waals surface area contributed by atoms with E-state index in [9.17, 15) is 4.79 Å². The van der Waals surface area contributed by atoms with Crippen LogP contribution in [0.1, 0.15) is 51.4 Å². The van der Waals surface area contributed by atoms with Gasteiger partial charge in [0.05, 0.1) is 7.11 Å². The molecule has 2 nitrogen and oxygen atoms in total. The molecule has 0 aromatic carbocycles. The van der Waals surface area contributed by atoms with Crippen molar-refractivity contribution in [1.29, 1.82) is 0 Å². The van der Waals surface area contributed by atoms with Gasteiger partial charge in [0, 0.05) is 6.42 Å². The fraction of sp³-hybridized carbons (Fsp3) is 0.769. The van der Waals surface area contributed by atoms with Crippen molar-refractivity contribution in [1.82, 2.24) is 0 Å². The summed E-state index contributed by atoms with van der Waals surface area (Å²) in [6.07, 6.45) is 13.8. The van der Waals surface area contributed by atoms with Gasteiger partial charge in [0.2, 0.25) is 0 Å². The first-order valence-corrected chi connectivity index (χ1v) is 6.04. The quantitative estimate of drug-likeness (QED) is 0.381. The van der Waals surface area contributed by atoms with Crippen molar-refractivity contribution in [3.05, 3.63) is 12.2 Å². The molecule has 1 saturated carbocycles. The minimum atomic E-state index is -0.0980. The molecule has 0 aromatic rings. The van der Waals surface area contributed by atoms with E-state index in [2.05, 4.69) is 16.9 Å². The fourth-order valence-electron chi connectivity index (χ4n) is 2.12. The Morgan fingerprint density at radius 2 is 2.07 bits per heavy atom. The summed E-state index contributed by atoms with van der Waals surface area (Å²) in [7, 11) is 1.44. The molecule has 1 aliphatic rings. The minimum Gasteiger partial charge on any atom is -0.469 e. The summed E-state index contributed by atoms with van der Waals surface area (Å²) >= 11 is 0. The van der Waals surface area contributed by atoms with Crippen LogP contribution in [0.25, 0.3) is 0 Å². The Hall–Kier alpha value is -0.790. The highest BCUT2D eigenvalue weighted by Crippen LogP contribution is 2.27. The molecule has 0 amide bonds. The maximum absolute atomic E-state index is 10.8. The summed E-state index contributed by atoms with van der Waals surface area (Å²) in [4.78, 5) is 10.8. The van der Waals surface area contributed by atoms with Crippen molar-refractivity contribution in [2.24, 2.45) is 5.92 Å². The van der Waals surface area contributed by atoms with Gasteiger partial charge in [-0.15, -0.1) is 0 Å². The smallest absolute Gasteiger partial charge is 0.305 e. The van der Waals surface area contributed by atoms with E-state index in [1.807, 2.05) is 0 Å². The van der Waals surface area contributed by atoms with Crippen molar-refractivity contribution in [2.45, 2.75) is 51.4 Å². The molecule has 0 unspecified atom stereocenters.